The Labute approximate surface area is 123 Å². The van der Waals surface area contributed by atoms with E-state index < -0.39 is 0 Å². The number of ether oxygens (including phenoxy) is 3. The van der Waals surface area contributed by atoms with Gasteiger partial charge in [-0.15, -0.1) is 0 Å². The number of esters is 1. The van der Waals surface area contributed by atoms with Crippen molar-refractivity contribution in [3.63, 3.8) is 0 Å². The minimum atomic E-state index is -0.352. The van der Waals surface area contributed by atoms with E-state index >= 15 is 0 Å². The molecule has 108 valence electrons. The average molecular weight is 284 g/mol. The van der Waals surface area contributed by atoms with Crippen LogP contribution in [-0.2, 0) is 11.2 Å². The number of cyclic esters (lactones) is 1. The maximum Gasteiger partial charge on any atom is 0.342 e. The smallest absolute Gasteiger partial charge is 0.342 e. The van der Waals surface area contributed by atoms with Gasteiger partial charge in [-0.1, -0.05) is 30.3 Å². The zero-order chi connectivity index (χ0) is 14.7. The fourth-order valence-corrected chi connectivity index (χ4v) is 2.44. The highest BCUT2D eigenvalue weighted by Crippen LogP contribution is 2.29. The third-order valence-electron chi connectivity index (χ3n) is 3.44. The Balaban J connectivity index is 1.72. The fraction of sp³-hybridized carbons (Fsp3) is 0.235. The van der Waals surface area contributed by atoms with Crippen LogP contribution in [-0.4, -0.2) is 25.8 Å². The Morgan fingerprint density at radius 2 is 1.95 bits per heavy atom. The first-order chi connectivity index (χ1) is 10.3. The second-order valence-electron chi connectivity index (χ2n) is 4.85. The van der Waals surface area contributed by atoms with Crippen molar-refractivity contribution >= 4 is 5.97 Å². The average Bonchev–Trinajstić information content (AvgIpc) is 2.53. The molecule has 1 unspecified atom stereocenters. The van der Waals surface area contributed by atoms with Crippen molar-refractivity contribution in [3.8, 4) is 11.5 Å². The van der Waals surface area contributed by atoms with Gasteiger partial charge in [0.2, 0.25) is 0 Å². The summed E-state index contributed by atoms with van der Waals surface area (Å²) in [5.74, 6) is 0.972. The van der Waals surface area contributed by atoms with Crippen LogP contribution in [0.2, 0.25) is 0 Å². The molecule has 1 heterocycles. The maximum absolute atomic E-state index is 12.1. The summed E-state index contributed by atoms with van der Waals surface area (Å²) in [6.07, 6.45) is 0.350. The second kappa shape index (κ2) is 5.87. The summed E-state index contributed by atoms with van der Waals surface area (Å²) < 4.78 is 16.3. The highest BCUT2D eigenvalue weighted by atomic mass is 16.6. The molecule has 0 radical (unpaired) electrons. The predicted octanol–water partition coefficient (Wildman–Crippen LogP) is 2.86. The van der Waals surface area contributed by atoms with E-state index in [1.807, 2.05) is 42.5 Å². The molecule has 4 nitrogen and oxygen atoms in total. The molecule has 0 aliphatic carbocycles. The van der Waals surface area contributed by atoms with Gasteiger partial charge in [-0.25, -0.2) is 4.79 Å². The predicted molar refractivity (Wildman–Crippen MR) is 77.8 cm³/mol. The third-order valence-corrected chi connectivity index (χ3v) is 3.44. The molecule has 4 heteroatoms. The van der Waals surface area contributed by atoms with Crippen LogP contribution in [0.15, 0.2) is 48.5 Å². The Bertz CT molecular complexity index is 636. The lowest BCUT2D eigenvalue weighted by molar-refractivity contribution is 0.0125. The molecule has 1 aliphatic heterocycles. The van der Waals surface area contributed by atoms with Crippen LogP contribution < -0.4 is 9.47 Å². The largest absolute Gasteiger partial charge is 0.496 e. The number of methoxy groups -OCH3 is 1. The SMILES string of the molecule is COc1cccc2c1C(=O)OC(COc1ccccc1)C2. The molecule has 1 atom stereocenters. The van der Waals surface area contributed by atoms with Crippen LogP contribution in [0.25, 0.3) is 0 Å². The van der Waals surface area contributed by atoms with Crippen LogP contribution in [0.4, 0.5) is 0 Å². The van der Waals surface area contributed by atoms with Gasteiger partial charge in [0.15, 0.2) is 0 Å². The van der Waals surface area contributed by atoms with Gasteiger partial charge in [-0.05, 0) is 23.8 Å². The molecule has 1 aliphatic rings. The monoisotopic (exact) mass is 284 g/mol. The quantitative estimate of drug-likeness (QED) is 0.810. The van der Waals surface area contributed by atoms with Crippen LogP contribution in [0.5, 0.6) is 11.5 Å². The normalized spacial score (nSPS) is 16.8. The molecule has 0 saturated heterocycles. The van der Waals surface area contributed by atoms with Crippen LogP contribution >= 0.6 is 0 Å². The Kier molecular flexibility index (Phi) is 3.77. The van der Waals surface area contributed by atoms with Gasteiger partial charge in [-0.2, -0.15) is 0 Å². The molecule has 0 amide bonds. The van der Waals surface area contributed by atoms with E-state index in [0.29, 0.717) is 24.3 Å². The zero-order valence-electron chi connectivity index (χ0n) is 11.7. The van der Waals surface area contributed by atoms with Gasteiger partial charge in [0, 0.05) is 6.42 Å². The first kappa shape index (κ1) is 13.5. The van der Waals surface area contributed by atoms with Gasteiger partial charge in [0.25, 0.3) is 0 Å². The van der Waals surface area contributed by atoms with Crippen molar-refractivity contribution in [2.75, 3.05) is 13.7 Å². The highest BCUT2D eigenvalue weighted by Gasteiger charge is 2.29. The summed E-state index contributed by atoms with van der Waals surface area (Å²) in [6.45, 7) is 0.340. The van der Waals surface area contributed by atoms with Gasteiger partial charge in [0.1, 0.15) is 29.8 Å². The number of carbonyl (C=O) groups excluding carboxylic acids is 1. The Morgan fingerprint density at radius 3 is 2.71 bits per heavy atom. The molecule has 3 rings (SSSR count). The molecule has 21 heavy (non-hydrogen) atoms. The zero-order valence-corrected chi connectivity index (χ0v) is 11.7. The van der Waals surface area contributed by atoms with Gasteiger partial charge >= 0.3 is 5.97 Å². The minimum absolute atomic E-state index is 0.280. The molecule has 0 spiro atoms. The molecule has 0 aromatic heterocycles. The van der Waals surface area contributed by atoms with Gasteiger partial charge < -0.3 is 14.2 Å². The van der Waals surface area contributed by atoms with Crippen molar-refractivity contribution in [3.05, 3.63) is 59.7 Å². The van der Waals surface area contributed by atoms with Crippen LogP contribution in [0.1, 0.15) is 15.9 Å². The fourth-order valence-electron chi connectivity index (χ4n) is 2.44. The molecule has 2 aromatic carbocycles. The highest BCUT2D eigenvalue weighted by molar-refractivity contribution is 5.95. The summed E-state index contributed by atoms with van der Waals surface area (Å²) in [4.78, 5) is 12.1. The minimum Gasteiger partial charge on any atom is -0.496 e. The lowest BCUT2D eigenvalue weighted by atomic mass is 9.98. The van der Waals surface area contributed by atoms with E-state index in [4.69, 9.17) is 14.2 Å². The van der Waals surface area contributed by atoms with Crippen molar-refractivity contribution in [2.45, 2.75) is 12.5 Å². The number of hydrogen-bond acceptors (Lipinski definition) is 4. The first-order valence-corrected chi connectivity index (χ1v) is 6.82. The van der Waals surface area contributed by atoms with Crippen LogP contribution in [0.3, 0.4) is 0 Å². The van der Waals surface area contributed by atoms with E-state index in [9.17, 15) is 4.79 Å². The van der Waals surface area contributed by atoms with E-state index in [2.05, 4.69) is 0 Å². The standard InChI is InChI=1S/C17H16O4/c1-19-15-9-5-6-12-10-14(21-17(18)16(12)15)11-20-13-7-3-2-4-8-13/h2-9,14H,10-11H2,1H3. The summed E-state index contributed by atoms with van der Waals surface area (Å²) in [5, 5.41) is 0. The topological polar surface area (TPSA) is 44.8 Å². The maximum atomic E-state index is 12.1. The van der Waals surface area contributed by atoms with E-state index in [-0.39, 0.29) is 12.1 Å². The van der Waals surface area contributed by atoms with Crippen molar-refractivity contribution < 1.29 is 19.0 Å². The van der Waals surface area contributed by atoms with E-state index in [1.54, 1.807) is 13.2 Å². The second-order valence-corrected chi connectivity index (χ2v) is 4.85. The molecular formula is C17H16O4. The third kappa shape index (κ3) is 2.84. The first-order valence-electron chi connectivity index (χ1n) is 6.82. The molecule has 0 saturated carbocycles. The van der Waals surface area contributed by atoms with Gasteiger partial charge in [-0.3, -0.25) is 0 Å². The van der Waals surface area contributed by atoms with E-state index in [0.717, 1.165) is 11.3 Å². The number of carbonyl (C=O) groups is 1. The molecule has 0 fully saturated rings. The number of hydrogen-bond donors (Lipinski definition) is 0. The number of para-hydroxylation sites is 1. The summed E-state index contributed by atoms with van der Waals surface area (Å²) in [7, 11) is 1.55. The number of fused-ring (bicyclic) bond motifs is 1. The number of benzene rings is 2. The molecule has 0 bridgehead atoms. The lowest BCUT2D eigenvalue weighted by Gasteiger charge is -2.25. The van der Waals surface area contributed by atoms with Crippen molar-refractivity contribution in [2.24, 2.45) is 0 Å². The van der Waals surface area contributed by atoms with Crippen molar-refractivity contribution in [1.82, 2.24) is 0 Å². The summed E-state index contributed by atoms with van der Waals surface area (Å²) in [6, 6.07) is 15.1. The molecule has 2 aromatic rings. The molecule has 0 N–H and O–H groups in total. The number of rotatable bonds is 4. The Hall–Kier alpha value is -2.49. The lowest BCUT2D eigenvalue weighted by Crippen LogP contribution is -2.32. The Morgan fingerprint density at radius 1 is 1.14 bits per heavy atom. The van der Waals surface area contributed by atoms with Crippen molar-refractivity contribution in [1.29, 1.82) is 0 Å². The summed E-state index contributed by atoms with van der Waals surface area (Å²) >= 11 is 0. The molecular weight excluding hydrogens is 268 g/mol. The van der Waals surface area contributed by atoms with Gasteiger partial charge in [0.05, 0.1) is 7.11 Å². The van der Waals surface area contributed by atoms with Crippen LogP contribution in [0, 0.1) is 0 Å². The van der Waals surface area contributed by atoms with E-state index in [1.165, 1.54) is 0 Å². The summed E-state index contributed by atoms with van der Waals surface area (Å²) in [5.41, 5.74) is 1.46.